The molecule has 2 unspecified atom stereocenters. The number of rotatable bonds is 10. The minimum absolute atomic E-state index is 0.179. The highest BCUT2D eigenvalue weighted by Gasteiger charge is 2.26. The van der Waals surface area contributed by atoms with Gasteiger partial charge in [0.25, 0.3) is 0 Å². The number of methoxy groups -OCH3 is 1. The molecule has 10 nitrogen and oxygen atoms in total. The van der Waals surface area contributed by atoms with Gasteiger partial charge < -0.3 is 15.4 Å². The number of alkyl carbamates (subject to hydrolysis) is 1. The first kappa shape index (κ1) is 26.1. The number of aromatic nitrogens is 1. The average molecular weight is 519 g/mol. The van der Waals surface area contributed by atoms with Gasteiger partial charge in [-0.05, 0) is 36.6 Å². The summed E-state index contributed by atoms with van der Waals surface area (Å²) in [5.74, 6) is -0.429. The molecule has 12 heteroatoms. The lowest BCUT2D eigenvalue weighted by molar-refractivity contribution is -0.123. The number of carbonyl (C=O) groups excluding carboxylic acids is 2. The Kier molecular flexibility index (Phi) is 8.79. The number of benzene rings is 2. The smallest absolute Gasteiger partial charge is 0.407 e. The van der Waals surface area contributed by atoms with Gasteiger partial charge in [-0.1, -0.05) is 42.5 Å². The van der Waals surface area contributed by atoms with Gasteiger partial charge in [0.05, 0.1) is 29.5 Å². The fraction of sp³-hybridized carbons (Fsp3) is 0.261. The Labute approximate surface area is 207 Å². The monoisotopic (exact) mass is 518 g/mol. The Balaban J connectivity index is 1.84. The van der Waals surface area contributed by atoms with Crippen LogP contribution in [0.4, 0.5) is 10.5 Å². The second-order valence-corrected chi connectivity index (χ2v) is 9.93. The third-order valence-corrected chi connectivity index (χ3v) is 6.29. The van der Waals surface area contributed by atoms with E-state index in [4.69, 9.17) is 9.29 Å². The van der Waals surface area contributed by atoms with E-state index in [-0.39, 0.29) is 18.5 Å². The fourth-order valence-corrected chi connectivity index (χ4v) is 4.54. The molecule has 35 heavy (non-hydrogen) atoms. The van der Waals surface area contributed by atoms with E-state index in [1.807, 2.05) is 47.4 Å². The maximum absolute atomic E-state index is 13.3. The number of anilines is 1. The Morgan fingerprint density at radius 2 is 1.77 bits per heavy atom. The standard InChI is InChI=1S/C23H26N4O6S2/c1-15-24-21(14-34-15)19(13-17-9-6-10-18(11-17)27-35(30,31)32)25-22(28)20(26-23(29)33-2)12-16-7-4-3-5-8-16/h3-11,14,19-20,27H,12-13H2,1-2H3,(H,25,28)(H,26,29)(H,30,31,32). The molecule has 0 saturated heterocycles. The molecule has 3 aromatic rings. The third kappa shape index (κ3) is 8.35. The molecular formula is C23H26N4O6S2. The van der Waals surface area contributed by atoms with Crippen molar-refractivity contribution in [2.45, 2.75) is 31.8 Å². The second kappa shape index (κ2) is 11.8. The first-order valence-electron chi connectivity index (χ1n) is 10.6. The molecule has 0 aliphatic carbocycles. The summed E-state index contributed by atoms with van der Waals surface area (Å²) in [4.78, 5) is 29.7. The number of aryl methyl sites for hydroxylation is 1. The number of thiazole rings is 1. The van der Waals surface area contributed by atoms with Gasteiger partial charge in [0, 0.05) is 11.8 Å². The van der Waals surface area contributed by atoms with Crippen molar-refractivity contribution in [3.8, 4) is 0 Å². The van der Waals surface area contributed by atoms with Crippen molar-refractivity contribution in [2.75, 3.05) is 11.8 Å². The summed E-state index contributed by atoms with van der Waals surface area (Å²) in [6, 6.07) is 14.2. The molecule has 0 fully saturated rings. The van der Waals surface area contributed by atoms with E-state index in [1.165, 1.54) is 24.5 Å². The highest BCUT2D eigenvalue weighted by atomic mass is 32.2. The van der Waals surface area contributed by atoms with E-state index in [2.05, 4.69) is 15.6 Å². The maximum atomic E-state index is 13.3. The van der Waals surface area contributed by atoms with Crippen LogP contribution in [0.2, 0.25) is 0 Å². The predicted octanol–water partition coefficient (Wildman–Crippen LogP) is 3.03. The lowest BCUT2D eigenvalue weighted by Crippen LogP contribution is -2.49. The zero-order chi connectivity index (χ0) is 25.4. The summed E-state index contributed by atoms with van der Waals surface area (Å²) < 4.78 is 38.1. The van der Waals surface area contributed by atoms with Gasteiger partial charge in [-0.25, -0.2) is 9.78 Å². The van der Waals surface area contributed by atoms with Crippen molar-refractivity contribution in [3.05, 3.63) is 81.8 Å². The highest BCUT2D eigenvalue weighted by Crippen LogP contribution is 2.23. The topological polar surface area (TPSA) is 147 Å². The largest absolute Gasteiger partial charge is 0.453 e. The first-order chi connectivity index (χ1) is 16.6. The Bertz CT molecular complexity index is 1260. The van der Waals surface area contributed by atoms with Crippen LogP contribution < -0.4 is 15.4 Å². The van der Waals surface area contributed by atoms with Crippen LogP contribution in [0.1, 0.15) is 27.9 Å². The van der Waals surface area contributed by atoms with Gasteiger partial charge in [0.15, 0.2) is 0 Å². The van der Waals surface area contributed by atoms with E-state index in [0.29, 0.717) is 11.3 Å². The minimum atomic E-state index is -4.43. The summed E-state index contributed by atoms with van der Waals surface area (Å²) in [5, 5.41) is 8.19. The molecule has 2 amide bonds. The number of nitrogens with zero attached hydrogens (tertiary/aromatic N) is 1. The van der Waals surface area contributed by atoms with E-state index >= 15 is 0 Å². The zero-order valence-electron chi connectivity index (χ0n) is 19.1. The minimum Gasteiger partial charge on any atom is -0.453 e. The zero-order valence-corrected chi connectivity index (χ0v) is 20.7. The SMILES string of the molecule is COC(=O)NC(Cc1ccccc1)C(=O)NC(Cc1cccc(NS(=O)(=O)O)c1)c1csc(C)n1. The maximum Gasteiger partial charge on any atom is 0.407 e. The van der Waals surface area contributed by atoms with Crippen LogP contribution in [0.25, 0.3) is 0 Å². The van der Waals surface area contributed by atoms with Crippen molar-refractivity contribution < 1.29 is 27.3 Å². The number of nitrogens with one attached hydrogen (secondary N) is 3. The van der Waals surface area contributed by atoms with E-state index in [0.717, 1.165) is 10.6 Å². The number of amides is 2. The van der Waals surface area contributed by atoms with Crippen LogP contribution in [0.15, 0.2) is 60.0 Å². The summed E-state index contributed by atoms with van der Waals surface area (Å²) in [5.41, 5.74) is 2.36. The van der Waals surface area contributed by atoms with Gasteiger partial charge in [0.1, 0.15) is 6.04 Å². The summed E-state index contributed by atoms with van der Waals surface area (Å²) >= 11 is 1.43. The van der Waals surface area contributed by atoms with Crippen molar-refractivity contribution in [2.24, 2.45) is 0 Å². The Hall–Kier alpha value is -3.48. The first-order valence-corrected chi connectivity index (χ1v) is 12.9. The van der Waals surface area contributed by atoms with Crippen LogP contribution in [0, 0.1) is 6.92 Å². The van der Waals surface area contributed by atoms with Crippen molar-refractivity contribution in [3.63, 3.8) is 0 Å². The molecule has 4 N–H and O–H groups in total. The molecule has 0 aliphatic heterocycles. The van der Waals surface area contributed by atoms with E-state index in [9.17, 15) is 18.0 Å². The molecule has 2 atom stereocenters. The molecule has 0 saturated carbocycles. The third-order valence-electron chi connectivity index (χ3n) is 5.00. The number of hydrogen-bond acceptors (Lipinski definition) is 7. The highest BCUT2D eigenvalue weighted by molar-refractivity contribution is 7.87. The van der Waals surface area contributed by atoms with Crippen molar-refractivity contribution in [1.29, 1.82) is 0 Å². The predicted molar refractivity (Wildman–Crippen MR) is 133 cm³/mol. The van der Waals surface area contributed by atoms with Gasteiger partial charge >= 0.3 is 16.4 Å². The van der Waals surface area contributed by atoms with Crippen molar-refractivity contribution >= 4 is 39.3 Å². The average Bonchev–Trinajstić information content (AvgIpc) is 3.24. The van der Waals surface area contributed by atoms with Gasteiger partial charge in [0.2, 0.25) is 5.91 Å². The fourth-order valence-electron chi connectivity index (χ4n) is 3.45. The van der Waals surface area contributed by atoms with Crippen molar-refractivity contribution in [1.82, 2.24) is 15.6 Å². The Morgan fingerprint density at radius 1 is 1.06 bits per heavy atom. The van der Waals surface area contributed by atoms with E-state index < -0.39 is 34.4 Å². The number of ether oxygens (including phenoxy) is 1. The summed E-state index contributed by atoms with van der Waals surface area (Å²) in [6.07, 6.45) is -0.198. The van der Waals surface area contributed by atoms with Crippen LogP contribution in [0.5, 0.6) is 0 Å². The molecule has 0 radical (unpaired) electrons. The summed E-state index contributed by atoms with van der Waals surface area (Å²) in [6.45, 7) is 1.85. The number of hydrogen-bond donors (Lipinski definition) is 4. The second-order valence-electron chi connectivity index (χ2n) is 7.71. The lowest BCUT2D eigenvalue weighted by atomic mass is 10.0. The number of carbonyl (C=O) groups is 2. The molecule has 0 spiro atoms. The molecule has 1 aromatic heterocycles. The lowest BCUT2D eigenvalue weighted by Gasteiger charge is -2.23. The molecule has 0 aliphatic rings. The van der Waals surface area contributed by atoms with Gasteiger partial charge in [-0.15, -0.1) is 11.3 Å². The molecule has 2 aromatic carbocycles. The van der Waals surface area contributed by atoms with Crippen LogP contribution in [0.3, 0.4) is 0 Å². The van der Waals surface area contributed by atoms with Gasteiger partial charge in [-0.3, -0.25) is 14.1 Å². The Morgan fingerprint density at radius 3 is 2.40 bits per heavy atom. The quantitative estimate of drug-likeness (QED) is 0.302. The molecule has 0 bridgehead atoms. The molecule has 1 heterocycles. The molecule has 3 rings (SSSR count). The van der Waals surface area contributed by atoms with Crippen LogP contribution >= 0.6 is 11.3 Å². The van der Waals surface area contributed by atoms with Crippen LogP contribution in [-0.2, 0) is 32.7 Å². The van der Waals surface area contributed by atoms with Crippen LogP contribution in [-0.4, -0.2) is 43.1 Å². The normalized spacial score (nSPS) is 12.9. The van der Waals surface area contributed by atoms with Gasteiger partial charge in [-0.2, -0.15) is 8.42 Å². The van der Waals surface area contributed by atoms with E-state index in [1.54, 1.807) is 18.2 Å². The molecular weight excluding hydrogens is 492 g/mol. The summed E-state index contributed by atoms with van der Waals surface area (Å²) in [7, 11) is -3.20. The molecule has 186 valence electrons.